The molecule has 172 valence electrons. The van der Waals surface area contributed by atoms with Crippen molar-refractivity contribution >= 4 is 40.9 Å². The van der Waals surface area contributed by atoms with Crippen LogP contribution in [-0.4, -0.2) is 34.0 Å². The number of hydrogen-bond donors (Lipinski definition) is 4. The third-order valence-electron chi connectivity index (χ3n) is 4.53. The first-order valence-corrected chi connectivity index (χ1v) is 10.1. The number of carbonyl (C=O) groups excluding carboxylic acids is 2. The molecule has 2 aromatic carbocycles. The Morgan fingerprint density at radius 3 is 2.39 bits per heavy atom. The van der Waals surface area contributed by atoms with Gasteiger partial charge in [-0.3, -0.25) is 4.79 Å². The SMILES string of the molecule is CC(C)[C@H](NC(=O)c1ncc(-c2ccc(NC(=O)Nc3ccc(Cl)cc3F)cc2)o1)C(=O)O. The van der Waals surface area contributed by atoms with E-state index in [-0.39, 0.29) is 28.3 Å². The molecule has 3 rings (SSSR count). The van der Waals surface area contributed by atoms with Gasteiger partial charge in [-0.05, 0) is 48.4 Å². The Bertz CT molecular complexity index is 1180. The van der Waals surface area contributed by atoms with E-state index in [9.17, 15) is 23.9 Å². The van der Waals surface area contributed by atoms with Gasteiger partial charge in [0, 0.05) is 16.3 Å². The summed E-state index contributed by atoms with van der Waals surface area (Å²) in [5.41, 5.74) is 0.961. The van der Waals surface area contributed by atoms with Crippen LogP contribution in [0.1, 0.15) is 24.5 Å². The summed E-state index contributed by atoms with van der Waals surface area (Å²) in [5.74, 6) is -2.89. The van der Waals surface area contributed by atoms with Crippen LogP contribution < -0.4 is 16.0 Å². The van der Waals surface area contributed by atoms with E-state index in [1.54, 1.807) is 38.1 Å². The fourth-order valence-electron chi connectivity index (χ4n) is 2.82. The van der Waals surface area contributed by atoms with Crippen molar-refractivity contribution in [1.82, 2.24) is 10.3 Å². The van der Waals surface area contributed by atoms with Crippen LogP contribution in [0.3, 0.4) is 0 Å². The van der Waals surface area contributed by atoms with E-state index in [4.69, 9.17) is 16.0 Å². The zero-order valence-corrected chi connectivity index (χ0v) is 18.3. The minimum atomic E-state index is -1.16. The molecule has 11 heteroatoms. The highest BCUT2D eigenvalue weighted by molar-refractivity contribution is 6.30. The number of nitrogens with one attached hydrogen (secondary N) is 3. The minimum absolute atomic E-state index is 0.0245. The van der Waals surface area contributed by atoms with E-state index < -0.39 is 29.8 Å². The minimum Gasteiger partial charge on any atom is -0.480 e. The van der Waals surface area contributed by atoms with Gasteiger partial charge in [-0.15, -0.1) is 0 Å². The van der Waals surface area contributed by atoms with Crippen molar-refractivity contribution < 1.29 is 28.3 Å². The Balaban J connectivity index is 1.63. The number of aliphatic carboxylic acids is 1. The van der Waals surface area contributed by atoms with E-state index in [1.807, 2.05) is 0 Å². The number of benzene rings is 2. The lowest BCUT2D eigenvalue weighted by atomic mass is 10.1. The molecular weight excluding hydrogens is 455 g/mol. The molecule has 0 aliphatic carbocycles. The summed E-state index contributed by atoms with van der Waals surface area (Å²) < 4.78 is 19.2. The highest BCUT2D eigenvalue weighted by Crippen LogP contribution is 2.23. The van der Waals surface area contributed by atoms with Crippen LogP contribution in [0, 0.1) is 11.7 Å². The first kappa shape index (κ1) is 23.7. The van der Waals surface area contributed by atoms with Crippen LogP contribution in [-0.2, 0) is 4.79 Å². The Morgan fingerprint density at radius 2 is 1.79 bits per heavy atom. The Hall–Kier alpha value is -3.92. The zero-order valence-electron chi connectivity index (χ0n) is 17.6. The number of carboxylic acids is 1. The number of amides is 3. The molecule has 9 nitrogen and oxygen atoms in total. The number of carbonyl (C=O) groups is 3. The predicted octanol–water partition coefficient (Wildman–Crippen LogP) is 4.62. The van der Waals surface area contributed by atoms with Crippen molar-refractivity contribution in [2.75, 3.05) is 10.6 Å². The summed E-state index contributed by atoms with van der Waals surface area (Å²) in [6.07, 6.45) is 1.33. The highest BCUT2D eigenvalue weighted by Gasteiger charge is 2.26. The molecule has 0 spiro atoms. The maximum absolute atomic E-state index is 13.8. The molecule has 0 bridgehead atoms. The van der Waals surface area contributed by atoms with Crippen molar-refractivity contribution in [2.45, 2.75) is 19.9 Å². The van der Waals surface area contributed by atoms with E-state index >= 15 is 0 Å². The Labute approximate surface area is 193 Å². The first-order valence-electron chi connectivity index (χ1n) is 9.77. The average molecular weight is 475 g/mol. The number of carboxylic acid groups (broad SMARTS) is 1. The molecule has 3 amide bonds. The molecule has 1 heterocycles. The van der Waals surface area contributed by atoms with Gasteiger partial charge in [-0.25, -0.2) is 19.0 Å². The van der Waals surface area contributed by atoms with Crippen molar-refractivity contribution in [1.29, 1.82) is 0 Å². The van der Waals surface area contributed by atoms with Crippen LogP contribution in [0.2, 0.25) is 5.02 Å². The van der Waals surface area contributed by atoms with Gasteiger partial charge in [0.2, 0.25) is 0 Å². The van der Waals surface area contributed by atoms with Crippen LogP contribution in [0.4, 0.5) is 20.6 Å². The molecule has 0 radical (unpaired) electrons. The molecule has 0 fully saturated rings. The topological polar surface area (TPSA) is 134 Å². The number of aromatic nitrogens is 1. The molecule has 0 unspecified atom stereocenters. The normalized spacial score (nSPS) is 11.7. The molecule has 1 aromatic heterocycles. The molecule has 0 saturated carbocycles. The average Bonchev–Trinajstić information content (AvgIpc) is 3.24. The second-order valence-corrected chi connectivity index (χ2v) is 7.78. The van der Waals surface area contributed by atoms with Crippen molar-refractivity contribution in [3.63, 3.8) is 0 Å². The maximum atomic E-state index is 13.8. The summed E-state index contributed by atoms with van der Waals surface area (Å²) in [5, 5.41) is 16.7. The molecule has 0 saturated heterocycles. The van der Waals surface area contributed by atoms with Gasteiger partial charge in [0.1, 0.15) is 11.9 Å². The fourth-order valence-corrected chi connectivity index (χ4v) is 2.98. The lowest BCUT2D eigenvalue weighted by Gasteiger charge is -2.16. The van der Waals surface area contributed by atoms with Crippen molar-refractivity contribution in [3.8, 4) is 11.3 Å². The third-order valence-corrected chi connectivity index (χ3v) is 4.76. The fraction of sp³-hybridized carbons (Fsp3) is 0.182. The monoisotopic (exact) mass is 474 g/mol. The smallest absolute Gasteiger partial charge is 0.326 e. The summed E-state index contributed by atoms with van der Waals surface area (Å²) in [6, 6.07) is 8.55. The number of oxazole rings is 1. The number of rotatable bonds is 7. The van der Waals surface area contributed by atoms with Gasteiger partial charge < -0.3 is 25.5 Å². The largest absolute Gasteiger partial charge is 0.480 e. The van der Waals surface area contributed by atoms with Crippen molar-refractivity contribution in [2.24, 2.45) is 5.92 Å². The Morgan fingerprint density at radius 1 is 1.09 bits per heavy atom. The lowest BCUT2D eigenvalue weighted by Crippen LogP contribution is -2.44. The predicted molar refractivity (Wildman–Crippen MR) is 120 cm³/mol. The van der Waals surface area contributed by atoms with Gasteiger partial charge in [-0.1, -0.05) is 25.4 Å². The molecule has 33 heavy (non-hydrogen) atoms. The summed E-state index contributed by atoms with van der Waals surface area (Å²) in [7, 11) is 0. The molecule has 0 aliphatic heterocycles. The van der Waals surface area contributed by atoms with Crippen LogP contribution >= 0.6 is 11.6 Å². The second kappa shape index (κ2) is 10.1. The van der Waals surface area contributed by atoms with Gasteiger partial charge in [-0.2, -0.15) is 0 Å². The Kier molecular flexibility index (Phi) is 7.29. The summed E-state index contributed by atoms with van der Waals surface area (Å²) in [4.78, 5) is 39.5. The van der Waals surface area contributed by atoms with E-state index in [2.05, 4.69) is 20.9 Å². The van der Waals surface area contributed by atoms with Gasteiger partial charge >= 0.3 is 17.9 Å². The lowest BCUT2D eigenvalue weighted by molar-refractivity contribution is -0.140. The maximum Gasteiger partial charge on any atom is 0.326 e. The number of urea groups is 1. The zero-order chi connectivity index (χ0) is 24.1. The van der Waals surface area contributed by atoms with Crippen LogP contribution in [0.5, 0.6) is 0 Å². The molecule has 1 atom stereocenters. The van der Waals surface area contributed by atoms with E-state index in [1.165, 1.54) is 18.3 Å². The quantitative estimate of drug-likeness (QED) is 0.395. The molecule has 4 N–H and O–H groups in total. The van der Waals surface area contributed by atoms with Gasteiger partial charge in [0.05, 0.1) is 11.9 Å². The highest BCUT2D eigenvalue weighted by atomic mass is 35.5. The van der Waals surface area contributed by atoms with E-state index in [0.29, 0.717) is 11.3 Å². The number of nitrogens with zero attached hydrogens (tertiary/aromatic N) is 1. The summed E-state index contributed by atoms with van der Waals surface area (Å²) >= 11 is 5.69. The standard InChI is InChI=1S/C22H20ClFN4O5/c1-11(2)18(21(30)31)28-19(29)20-25-10-17(33-20)12-3-6-14(7-4-12)26-22(32)27-16-8-5-13(23)9-15(16)24/h3-11,18H,1-2H3,(H,28,29)(H,30,31)(H2,26,27,32)/t18-/m0/s1. The van der Waals surface area contributed by atoms with Gasteiger partial charge in [0.25, 0.3) is 5.89 Å². The second-order valence-electron chi connectivity index (χ2n) is 7.34. The number of halogens is 2. The first-order chi connectivity index (χ1) is 15.6. The van der Waals surface area contributed by atoms with Crippen molar-refractivity contribution in [3.05, 3.63) is 65.4 Å². The third kappa shape index (κ3) is 6.07. The van der Waals surface area contributed by atoms with Gasteiger partial charge in [0.15, 0.2) is 5.76 Å². The van der Waals surface area contributed by atoms with E-state index in [0.717, 1.165) is 6.07 Å². The summed E-state index contributed by atoms with van der Waals surface area (Å²) in [6.45, 7) is 3.34. The van der Waals surface area contributed by atoms with Crippen LogP contribution in [0.15, 0.2) is 53.1 Å². The molecule has 3 aromatic rings. The molecule has 0 aliphatic rings. The van der Waals surface area contributed by atoms with Crippen LogP contribution in [0.25, 0.3) is 11.3 Å². The number of anilines is 2. The number of hydrogen-bond acceptors (Lipinski definition) is 5. The molecular formula is C22H20ClFN4O5.